The molecule has 0 aliphatic heterocycles. The zero-order valence-electron chi connectivity index (χ0n) is 10.7. The molecule has 0 bridgehead atoms. The molecule has 19 heavy (non-hydrogen) atoms. The monoisotopic (exact) mass is 272 g/mol. The van der Waals surface area contributed by atoms with Crippen molar-refractivity contribution in [3.8, 4) is 0 Å². The van der Waals surface area contributed by atoms with Gasteiger partial charge in [-0.3, -0.25) is 4.98 Å². The second kappa shape index (κ2) is 5.90. The number of hydrogen-bond acceptors (Lipinski definition) is 2. The van der Waals surface area contributed by atoms with Crippen LogP contribution in [0.4, 0.5) is 13.2 Å². The van der Waals surface area contributed by atoms with Crippen molar-refractivity contribution in [3.05, 3.63) is 30.1 Å². The summed E-state index contributed by atoms with van der Waals surface area (Å²) in [5.41, 5.74) is 7.00. The van der Waals surface area contributed by atoms with Crippen LogP contribution in [0.2, 0.25) is 0 Å². The summed E-state index contributed by atoms with van der Waals surface area (Å²) < 4.78 is 39.1. The van der Waals surface area contributed by atoms with Gasteiger partial charge in [0, 0.05) is 18.4 Å². The topological polar surface area (TPSA) is 38.9 Å². The van der Waals surface area contributed by atoms with Crippen molar-refractivity contribution in [2.45, 2.75) is 44.3 Å². The van der Waals surface area contributed by atoms with E-state index in [2.05, 4.69) is 4.98 Å². The molecule has 3 unspecified atom stereocenters. The average molecular weight is 272 g/mol. The van der Waals surface area contributed by atoms with E-state index in [1.54, 1.807) is 12.4 Å². The molecule has 2 N–H and O–H groups in total. The molecule has 1 aliphatic carbocycles. The van der Waals surface area contributed by atoms with Crippen LogP contribution in [0.5, 0.6) is 0 Å². The third-order valence-corrected chi connectivity index (χ3v) is 4.01. The highest BCUT2D eigenvalue weighted by Crippen LogP contribution is 2.42. The zero-order valence-corrected chi connectivity index (χ0v) is 10.7. The lowest BCUT2D eigenvalue weighted by molar-refractivity contribution is -0.198. The van der Waals surface area contributed by atoms with Crippen molar-refractivity contribution in [2.24, 2.45) is 17.6 Å². The number of pyridine rings is 1. The van der Waals surface area contributed by atoms with Gasteiger partial charge in [0.15, 0.2) is 0 Å². The van der Waals surface area contributed by atoms with Gasteiger partial charge in [0.1, 0.15) is 0 Å². The number of halogens is 3. The number of nitrogens with zero attached hydrogens (tertiary/aromatic N) is 1. The predicted molar refractivity (Wildman–Crippen MR) is 67.4 cm³/mol. The molecule has 2 nitrogen and oxygen atoms in total. The first-order chi connectivity index (χ1) is 8.98. The van der Waals surface area contributed by atoms with E-state index in [1.807, 2.05) is 12.1 Å². The molecule has 1 saturated carbocycles. The van der Waals surface area contributed by atoms with Gasteiger partial charge in [0.05, 0.1) is 5.92 Å². The molecule has 0 aromatic carbocycles. The predicted octanol–water partition coefficient (Wildman–Crippen LogP) is 3.32. The van der Waals surface area contributed by atoms with E-state index < -0.39 is 24.1 Å². The van der Waals surface area contributed by atoms with E-state index in [4.69, 9.17) is 5.73 Å². The summed E-state index contributed by atoms with van der Waals surface area (Å²) >= 11 is 0. The van der Waals surface area contributed by atoms with Gasteiger partial charge in [-0.15, -0.1) is 0 Å². The standard InChI is InChI=1S/C14H19F3N2/c15-14(16,17)12-4-2-1-3-11(12)13(18)9-10-5-7-19-8-6-10/h5-8,11-13H,1-4,9,18H2. The van der Waals surface area contributed by atoms with Gasteiger partial charge in [0.25, 0.3) is 0 Å². The Morgan fingerprint density at radius 3 is 2.47 bits per heavy atom. The van der Waals surface area contributed by atoms with Crippen molar-refractivity contribution < 1.29 is 13.2 Å². The fourth-order valence-corrected chi connectivity index (χ4v) is 3.02. The molecular formula is C14H19F3N2. The van der Waals surface area contributed by atoms with E-state index in [9.17, 15) is 13.2 Å². The van der Waals surface area contributed by atoms with E-state index >= 15 is 0 Å². The fraction of sp³-hybridized carbons (Fsp3) is 0.643. The lowest BCUT2D eigenvalue weighted by Crippen LogP contribution is -2.44. The summed E-state index contributed by atoms with van der Waals surface area (Å²) in [6, 6.07) is 3.19. The number of rotatable bonds is 3. The second-order valence-corrected chi connectivity index (χ2v) is 5.32. The highest BCUT2D eigenvalue weighted by molar-refractivity contribution is 5.12. The minimum Gasteiger partial charge on any atom is -0.327 e. The first-order valence-electron chi connectivity index (χ1n) is 6.69. The van der Waals surface area contributed by atoms with Crippen LogP contribution in [0.25, 0.3) is 0 Å². The lowest BCUT2D eigenvalue weighted by atomic mass is 9.74. The summed E-state index contributed by atoms with van der Waals surface area (Å²) in [6.45, 7) is 0. The van der Waals surface area contributed by atoms with Gasteiger partial charge in [-0.25, -0.2) is 0 Å². The van der Waals surface area contributed by atoms with Crippen LogP contribution in [0.15, 0.2) is 24.5 Å². The van der Waals surface area contributed by atoms with E-state index in [-0.39, 0.29) is 6.42 Å². The Labute approximate surface area is 111 Å². The van der Waals surface area contributed by atoms with Gasteiger partial charge < -0.3 is 5.73 Å². The van der Waals surface area contributed by atoms with Gasteiger partial charge in [-0.05, 0) is 42.9 Å². The first kappa shape index (κ1) is 14.3. The summed E-state index contributed by atoms with van der Waals surface area (Å²) in [5.74, 6) is -1.69. The zero-order chi connectivity index (χ0) is 13.9. The molecular weight excluding hydrogens is 253 g/mol. The Bertz CT molecular complexity index is 391. The number of nitrogens with two attached hydrogens (primary N) is 1. The molecule has 0 amide bonds. The van der Waals surface area contributed by atoms with Crippen LogP contribution in [-0.4, -0.2) is 17.2 Å². The Kier molecular flexibility index (Phi) is 4.45. The van der Waals surface area contributed by atoms with Crippen molar-refractivity contribution in [1.82, 2.24) is 4.98 Å². The maximum Gasteiger partial charge on any atom is 0.392 e. The van der Waals surface area contributed by atoms with Crippen molar-refractivity contribution in [3.63, 3.8) is 0 Å². The van der Waals surface area contributed by atoms with Gasteiger partial charge in [-0.2, -0.15) is 13.2 Å². The Hall–Kier alpha value is -1.10. The average Bonchev–Trinajstić information content (AvgIpc) is 2.39. The summed E-state index contributed by atoms with van der Waals surface area (Å²) in [4.78, 5) is 3.90. The molecule has 0 radical (unpaired) electrons. The van der Waals surface area contributed by atoms with Gasteiger partial charge >= 0.3 is 6.18 Å². The van der Waals surface area contributed by atoms with Crippen LogP contribution >= 0.6 is 0 Å². The summed E-state index contributed by atoms with van der Waals surface area (Å²) in [6.07, 6.45) is 1.95. The first-order valence-corrected chi connectivity index (χ1v) is 6.69. The summed E-state index contributed by atoms with van der Waals surface area (Å²) in [7, 11) is 0. The highest BCUT2D eigenvalue weighted by atomic mass is 19.4. The van der Waals surface area contributed by atoms with Gasteiger partial charge in [-0.1, -0.05) is 12.8 Å². The largest absolute Gasteiger partial charge is 0.392 e. The van der Waals surface area contributed by atoms with E-state index in [0.717, 1.165) is 12.0 Å². The molecule has 0 saturated heterocycles. The quantitative estimate of drug-likeness (QED) is 0.916. The molecule has 1 fully saturated rings. The minimum atomic E-state index is -4.12. The molecule has 5 heteroatoms. The van der Waals surface area contributed by atoms with Crippen LogP contribution in [0, 0.1) is 11.8 Å². The van der Waals surface area contributed by atoms with E-state index in [0.29, 0.717) is 19.3 Å². The van der Waals surface area contributed by atoms with Crippen molar-refractivity contribution in [1.29, 1.82) is 0 Å². The van der Waals surface area contributed by atoms with Crippen LogP contribution in [-0.2, 0) is 6.42 Å². The smallest absolute Gasteiger partial charge is 0.327 e. The fourth-order valence-electron chi connectivity index (χ4n) is 3.02. The normalized spacial score (nSPS) is 26.1. The van der Waals surface area contributed by atoms with Crippen molar-refractivity contribution in [2.75, 3.05) is 0 Å². The third kappa shape index (κ3) is 3.69. The van der Waals surface area contributed by atoms with E-state index in [1.165, 1.54) is 0 Å². The number of alkyl halides is 3. The molecule has 1 aliphatic rings. The maximum atomic E-state index is 13.0. The Balaban J connectivity index is 2.05. The third-order valence-electron chi connectivity index (χ3n) is 4.01. The molecule has 0 spiro atoms. The SMILES string of the molecule is NC(Cc1ccncc1)C1CCCCC1C(F)(F)F. The number of aromatic nitrogens is 1. The van der Waals surface area contributed by atoms with Gasteiger partial charge in [0.2, 0.25) is 0 Å². The molecule has 1 aromatic heterocycles. The Morgan fingerprint density at radius 1 is 1.21 bits per heavy atom. The van der Waals surface area contributed by atoms with Crippen molar-refractivity contribution >= 4 is 0 Å². The second-order valence-electron chi connectivity index (χ2n) is 5.32. The lowest BCUT2D eigenvalue weighted by Gasteiger charge is -2.36. The van der Waals surface area contributed by atoms with Crippen LogP contribution < -0.4 is 5.73 Å². The molecule has 1 heterocycles. The maximum absolute atomic E-state index is 13.0. The van der Waals surface area contributed by atoms with Crippen LogP contribution in [0.1, 0.15) is 31.2 Å². The Morgan fingerprint density at radius 2 is 1.84 bits per heavy atom. The summed E-state index contributed by atoms with van der Waals surface area (Å²) in [5, 5.41) is 0. The number of hydrogen-bond donors (Lipinski definition) is 1. The molecule has 3 atom stereocenters. The highest BCUT2D eigenvalue weighted by Gasteiger charge is 2.47. The molecule has 1 aromatic rings. The minimum absolute atomic E-state index is 0.220. The van der Waals surface area contributed by atoms with Crippen LogP contribution in [0.3, 0.4) is 0 Å². The molecule has 106 valence electrons. The molecule has 2 rings (SSSR count).